The summed E-state index contributed by atoms with van der Waals surface area (Å²) in [6.07, 6.45) is 11.5. The summed E-state index contributed by atoms with van der Waals surface area (Å²) in [4.78, 5) is 12.1. The van der Waals surface area contributed by atoms with Gasteiger partial charge in [0.15, 0.2) is 0 Å². The highest BCUT2D eigenvalue weighted by Crippen LogP contribution is 2.34. The summed E-state index contributed by atoms with van der Waals surface area (Å²) < 4.78 is 17.3. The van der Waals surface area contributed by atoms with E-state index in [4.69, 9.17) is 28.3 Å². The first-order valence-electron chi connectivity index (χ1n) is 10.1. The standard InChI is InChI=1S/C24H22Cl2FN3OS/c1-14-4-3-5-22-19(10-14)23(15-6-8-17(25)9-7-15)28-30(22)13-16-11-21(27)18(12-20(16)26)24(31)29-32-2/h3-11,20,22H,12-13H2,1-2H3,(H,29,31). The molecule has 1 aromatic rings. The summed E-state index contributed by atoms with van der Waals surface area (Å²) in [6.45, 7) is 2.39. The molecule has 1 N–H and O–H groups in total. The first-order chi connectivity index (χ1) is 15.4. The maximum absolute atomic E-state index is 14.7. The Morgan fingerprint density at radius 3 is 2.78 bits per heavy atom. The topological polar surface area (TPSA) is 44.7 Å². The Labute approximate surface area is 201 Å². The number of rotatable bonds is 5. The van der Waals surface area contributed by atoms with E-state index < -0.39 is 17.1 Å². The molecule has 0 bridgehead atoms. The van der Waals surface area contributed by atoms with Crippen molar-refractivity contribution in [2.75, 3.05) is 12.8 Å². The normalized spacial score (nSPS) is 22.6. The first-order valence-corrected chi connectivity index (χ1v) is 12.2. The van der Waals surface area contributed by atoms with Crippen molar-refractivity contribution in [2.45, 2.75) is 24.8 Å². The van der Waals surface area contributed by atoms with Crippen LogP contribution >= 0.6 is 35.1 Å². The second kappa shape index (κ2) is 9.69. The lowest BCUT2D eigenvalue weighted by atomic mass is 9.94. The molecule has 0 spiro atoms. The number of alkyl halides is 1. The van der Waals surface area contributed by atoms with Crippen LogP contribution in [0.15, 0.2) is 87.9 Å². The van der Waals surface area contributed by atoms with Gasteiger partial charge in [-0.05, 0) is 30.7 Å². The van der Waals surface area contributed by atoms with Crippen molar-refractivity contribution in [3.05, 3.63) is 93.4 Å². The van der Waals surface area contributed by atoms with Gasteiger partial charge in [0.25, 0.3) is 5.91 Å². The number of carbonyl (C=O) groups is 1. The average molecular weight is 490 g/mol. The maximum atomic E-state index is 14.7. The molecule has 1 aliphatic heterocycles. The highest BCUT2D eigenvalue weighted by molar-refractivity contribution is 7.97. The third kappa shape index (κ3) is 4.72. The van der Waals surface area contributed by atoms with Gasteiger partial charge in [0.2, 0.25) is 0 Å². The summed E-state index contributed by atoms with van der Waals surface area (Å²) in [7, 11) is 0. The van der Waals surface area contributed by atoms with Gasteiger partial charge in [-0.25, -0.2) is 4.39 Å². The Morgan fingerprint density at radius 2 is 2.06 bits per heavy atom. The molecule has 0 fully saturated rings. The van der Waals surface area contributed by atoms with Gasteiger partial charge >= 0.3 is 0 Å². The maximum Gasteiger partial charge on any atom is 0.260 e. The van der Waals surface area contributed by atoms with E-state index in [0.29, 0.717) is 17.1 Å². The molecule has 1 amide bonds. The van der Waals surface area contributed by atoms with E-state index in [9.17, 15) is 9.18 Å². The number of nitrogens with one attached hydrogen (secondary N) is 1. The summed E-state index contributed by atoms with van der Waals surface area (Å²) in [5.41, 5.74) is 4.75. The molecule has 0 radical (unpaired) electrons. The smallest absolute Gasteiger partial charge is 0.260 e. The number of carbonyl (C=O) groups excluding carboxylic acids is 1. The van der Waals surface area contributed by atoms with Gasteiger partial charge in [-0.1, -0.05) is 65.6 Å². The zero-order valence-corrected chi connectivity index (χ0v) is 19.9. The van der Waals surface area contributed by atoms with Gasteiger partial charge in [0.1, 0.15) is 5.83 Å². The summed E-state index contributed by atoms with van der Waals surface area (Å²) in [5.74, 6) is -0.993. The predicted octanol–water partition coefficient (Wildman–Crippen LogP) is 5.73. The van der Waals surface area contributed by atoms with Gasteiger partial charge in [-0.3, -0.25) is 14.5 Å². The number of amides is 1. The fourth-order valence-electron chi connectivity index (χ4n) is 3.91. The van der Waals surface area contributed by atoms with Crippen LogP contribution in [-0.4, -0.2) is 40.8 Å². The molecule has 1 aromatic carbocycles. The zero-order chi connectivity index (χ0) is 22.8. The van der Waals surface area contributed by atoms with Crippen LogP contribution < -0.4 is 4.72 Å². The van der Waals surface area contributed by atoms with Crippen molar-refractivity contribution in [2.24, 2.45) is 5.10 Å². The number of halogens is 3. The van der Waals surface area contributed by atoms with Gasteiger partial charge in [0, 0.05) is 28.8 Å². The highest BCUT2D eigenvalue weighted by Gasteiger charge is 2.34. The van der Waals surface area contributed by atoms with E-state index in [-0.39, 0.29) is 18.0 Å². The molecule has 2 atom stereocenters. The Hall–Kier alpha value is -2.28. The molecule has 4 rings (SSSR count). The lowest BCUT2D eigenvalue weighted by Crippen LogP contribution is -2.32. The van der Waals surface area contributed by atoms with Crippen LogP contribution in [0.5, 0.6) is 0 Å². The average Bonchev–Trinajstić information content (AvgIpc) is 2.95. The molecule has 166 valence electrons. The highest BCUT2D eigenvalue weighted by atomic mass is 35.5. The van der Waals surface area contributed by atoms with Gasteiger partial charge in [0.05, 0.1) is 29.2 Å². The molecule has 1 heterocycles. The monoisotopic (exact) mass is 489 g/mol. The van der Waals surface area contributed by atoms with Crippen molar-refractivity contribution in [3.8, 4) is 0 Å². The predicted molar refractivity (Wildman–Crippen MR) is 132 cm³/mol. The van der Waals surface area contributed by atoms with E-state index in [1.807, 2.05) is 48.4 Å². The molecular weight excluding hydrogens is 468 g/mol. The SMILES string of the molecule is CSNC(=O)C1=C(F)C=C(CN2N=C(c3ccc(Cl)cc3)C3=CC(C)=CC=CC32)C(Cl)C1. The lowest BCUT2D eigenvalue weighted by Gasteiger charge is -2.27. The second-order valence-corrected chi connectivity index (χ2v) is 9.32. The molecule has 2 aliphatic carbocycles. The number of fused-ring (bicyclic) bond motifs is 1. The van der Waals surface area contributed by atoms with Crippen molar-refractivity contribution >= 4 is 46.8 Å². The molecule has 32 heavy (non-hydrogen) atoms. The van der Waals surface area contributed by atoms with Crippen LogP contribution in [0.3, 0.4) is 0 Å². The number of hydrazone groups is 1. The molecule has 0 aromatic heterocycles. The summed E-state index contributed by atoms with van der Waals surface area (Å²) in [6, 6.07) is 7.46. The van der Waals surface area contributed by atoms with Crippen LogP contribution in [0.1, 0.15) is 18.9 Å². The number of hydrogen-bond donors (Lipinski definition) is 1. The van der Waals surface area contributed by atoms with E-state index in [2.05, 4.69) is 16.9 Å². The molecule has 4 nitrogen and oxygen atoms in total. The van der Waals surface area contributed by atoms with Crippen molar-refractivity contribution in [1.82, 2.24) is 9.73 Å². The quantitative estimate of drug-likeness (QED) is 0.424. The van der Waals surface area contributed by atoms with Crippen LogP contribution in [-0.2, 0) is 4.79 Å². The van der Waals surface area contributed by atoms with Crippen LogP contribution in [0.25, 0.3) is 0 Å². The molecule has 2 unspecified atom stereocenters. The number of allylic oxidation sites excluding steroid dienone is 6. The Kier molecular flexibility index (Phi) is 6.93. The molecule has 0 saturated heterocycles. The zero-order valence-electron chi connectivity index (χ0n) is 17.6. The third-order valence-corrected chi connectivity index (χ3v) is 6.57. The lowest BCUT2D eigenvalue weighted by molar-refractivity contribution is -0.115. The van der Waals surface area contributed by atoms with E-state index in [0.717, 1.165) is 34.4 Å². The molecule has 0 saturated carbocycles. The largest absolute Gasteiger partial charge is 0.296 e. The van der Waals surface area contributed by atoms with Crippen LogP contribution in [0.4, 0.5) is 4.39 Å². The molecule has 3 aliphatic rings. The minimum atomic E-state index is -0.547. The molecule has 8 heteroatoms. The number of nitrogens with zero attached hydrogens (tertiary/aromatic N) is 2. The summed E-state index contributed by atoms with van der Waals surface area (Å²) >= 11 is 13.8. The van der Waals surface area contributed by atoms with Crippen LogP contribution in [0.2, 0.25) is 5.02 Å². The third-order valence-electron chi connectivity index (χ3n) is 5.49. The Bertz CT molecular complexity index is 1120. The summed E-state index contributed by atoms with van der Waals surface area (Å²) in [5, 5.41) is 6.97. The minimum Gasteiger partial charge on any atom is -0.296 e. The molecular formula is C24H22Cl2FN3OS. The number of hydrogen-bond acceptors (Lipinski definition) is 4. The van der Waals surface area contributed by atoms with Crippen molar-refractivity contribution in [1.29, 1.82) is 0 Å². The van der Waals surface area contributed by atoms with Gasteiger partial charge in [-0.2, -0.15) is 5.10 Å². The van der Waals surface area contributed by atoms with E-state index >= 15 is 0 Å². The first kappa shape index (κ1) is 22.9. The fraction of sp³-hybridized carbons (Fsp3) is 0.250. The second-order valence-electron chi connectivity index (χ2n) is 7.75. The van der Waals surface area contributed by atoms with Gasteiger partial charge < -0.3 is 0 Å². The van der Waals surface area contributed by atoms with Gasteiger partial charge in [-0.15, -0.1) is 11.6 Å². The van der Waals surface area contributed by atoms with E-state index in [1.54, 1.807) is 6.26 Å². The van der Waals surface area contributed by atoms with Crippen molar-refractivity contribution < 1.29 is 9.18 Å². The minimum absolute atomic E-state index is 0.0737. The van der Waals surface area contributed by atoms with E-state index in [1.165, 1.54) is 6.08 Å². The van der Waals surface area contributed by atoms with Crippen LogP contribution in [0, 0.1) is 0 Å². The fourth-order valence-corrected chi connectivity index (χ4v) is 4.63. The Morgan fingerprint density at radius 1 is 1.31 bits per heavy atom. The number of benzene rings is 1. The Balaban J connectivity index is 1.67. The van der Waals surface area contributed by atoms with Crippen molar-refractivity contribution in [3.63, 3.8) is 0 Å².